The molecule has 1 aliphatic heterocycles. The van der Waals surface area contributed by atoms with Crippen molar-refractivity contribution in [1.29, 1.82) is 0 Å². The molecule has 0 spiro atoms. The lowest BCUT2D eigenvalue weighted by molar-refractivity contribution is 0.516. The first-order valence-electron chi connectivity index (χ1n) is 6.26. The number of rotatable bonds is 7. The van der Waals surface area contributed by atoms with Crippen LogP contribution in [0.3, 0.4) is 0 Å². The summed E-state index contributed by atoms with van der Waals surface area (Å²) in [7, 11) is -6.46. The minimum atomic E-state index is -3.39. The molecule has 0 radical (unpaired) electrons. The molecule has 8 heteroatoms. The van der Waals surface area contributed by atoms with Gasteiger partial charge < -0.3 is 5.32 Å². The smallest absolute Gasteiger partial charge is 0.213 e. The number of nitrogens with one attached hydrogen (secondary N) is 2. The van der Waals surface area contributed by atoms with Gasteiger partial charge in [-0.1, -0.05) is 6.92 Å². The van der Waals surface area contributed by atoms with Gasteiger partial charge in [-0.05, 0) is 25.8 Å². The third-order valence-corrected chi connectivity index (χ3v) is 6.04. The van der Waals surface area contributed by atoms with Crippen LogP contribution in [0.2, 0.25) is 0 Å². The van der Waals surface area contributed by atoms with Crippen LogP contribution in [0.4, 0.5) is 0 Å². The molecule has 1 rings (SSSR count). The molecular weight excluding hydrogens is 276 g/mol. The average molecular weight is 298 g/mol. The summed E-state index contributed by atoms with van der Waals surface area (Å²) in [6.07, 6.45) is 2.08. The van der Waals surface area contributed by atoms with Gasteiger partial charge in [0.1, 0.15) is 0 Å². The Hall–Kier alpha value is -0.180. The third-order valence-electron chi connectivity index (χ3n) is 2.78. The Morgan fingerprint density at radius 2 is 2.00 bits per heavy atom. The first-order chi connectivity index (χ1) is 8.35. The third kappa shape index (κ3) is 6.12. The van der Waals surface area contributed by atoms with E-state index in [1.165, 1.54) is 0 Å². The molecule has 108 valence electrons. The second-order valence-corrected chi connectivity index (χ2v) is 8.74. The summed E-state index contributed by atoms with van der Waals surface area (Å²) in [5.74, 6) is 0.0848. The highest BCUT2D eigenvalue weighted by Gasteiger charge is 2.27. The Balaban J connectivity index is 2.40. The van der Waals surface area contributed by atoms with Gasteiger partial charge in [-0.25, -0.2) is 21.6 Å². The van der Waals surface area contributed by atoms with Gasteiger partial charge in [0.2, 0.25) is 10.0 Å². The summed E-state index contributed by atoms with van der Waals surface area (Å²) in [5, 5.41) is 3.01. The fourth-order valence-corrected chi connectivity index (χ4v) is 4.92. The van der Waals surface area contributed by atoms with E-state index in [4.69, 9.17) is 0 Å². The first kappa shape index (κ1) is 15.9. The fraction of sp³-hybridized carbons (Fsp3) is 1.00. The summed E-state index contributed by atoms with van der Waals surface area (Å²) in [6.45, 7) is 3.18. The van der Waals surface area contributed by atoms with E-state index in [0.29, 0.717) is 19.4 Å². The molecule has 1 aliphatic rings. The van der Waals surface area contributed by atoms with E-state index in [1.807, 2.05) is 6.92 Å². The highest BCUT2D eigenvalue weighted by molar-refractivity contribution is 7.91. The maximum atomic E-state index is 11.7. The van der Waals surface area contributed by atoms with Crippen molar-refractivity contribution in [1.82, 2.24) is 10.0 Å². The molecule has 0 bridgehead atoms. The Kier molecular flexibility index (Phi) is 6.03. The Bertz CT molecular complexity index is 444. The summed E-state index contributed by atoms with van der Waals surface area (Å²) in [6, 6.07) is -0.458. The van der Waals surface area contributed by atoms with Crippen molar-refractivity contribution < 1.29 is 16.8 Å². The Morgan fingerprint density at radius 1 is 1.28 bits per heavy atom. The largest absolute Gasteiger partial charge is 0.316 e. The van der Waals surface area contributed by atoms with E-state index in [9.17, 15) is 16.8 Å². The molecule has 6 nitrogen and oxygen atoms in total. The van der Waals surface area contributed by atoms with Gasteiger partial charge >= 0.3 is 0 Å². The van der Waals surface area contributed by atoms with Crippen molar-refractivity contribution in [2.75, 3.05) is 30.3 Å². The molecule has 0 aromatic carbocycles. The number of hydrogen-bond donors (Lipinski definition) is 2. The maximum absolute atomic E-state index is 11.7. The molecule has 0 aliphatic carbocycles. The summed E-state index contributed by atoms with van der Waals surface area (Å²) >= 11 is 0. The van der Waals surface area contributed by atoms with Crippen molar-refractivity contribution in [3.05, 3.63) is 0 Å². The van der Waals surface area contributed by atoms with Crippen LogP contribution < -0.4 is 10.0 Å². The van der Waals surface area contributed by atoms with E-state index >= 15 is 0 Å². The molecule has 1 fully saturated rings. The quantitative estimate of drug-likeness (QED) is 0.617. The van der Waals surface area contributed by atoms with E-state index in [-0.39, 0.29) is 17.3 Å². The van der Waals surface area contributed by atoms with E-state index in [1.54, 1.807) is 0 Å². The van der Waals surface area contributed by atoms with E-state index < -0.39 is 25.9 Å². The minimum Gasteiger partial charge on any atom is -0.316 e. The Morgan fingerprint density at radius 3 is 2.61 bits per heavy atom. The molecule has 18 heavy (non-hydrogen) atoms. The highest BCUT2D eigenvalue weighted by atomic mass is 32.2. The molecule has 1 unspecified atom stereocenters. The van der Waals surface area contributed by atoms with Crippen LogP contribution in [0.5, 0.6) is 0 Å². The molecule has 0 aromatic heterocycles. The second kappa shape index (κ2) is 6.83. The maximum Gasteiger partial charge on any atom is 0.213 e. The van der Waals surface area contributed by atoms with Gasteiger partial charge in [0, 0.05) is 12.6 Å². The first-order valence-corrected chi connectivity index (χ1v) is 9.73. The Labute approximate surface area is 110 Å². The molecule has 0 aromatic rings. The SMILES string of the molecule is CCCNCCS(=O)(=O)NC1CCCS(=O)(=O)C1. The minimum absolute atomic E-state index is 0.0104. The second-order valence-electron chi connectivity index (χ2n) is 4.64. The van der Waals surface area contributed by atoms with Crippen molar-refractivity contribution in [3.8, 4) is 0 Å². The molecule has 1 atom stereocenters. The number of sulfonamides is 1. The van der Waals surface area contributed by atoms with Crippen molar-refractivity contribution in [2.45, 2.75) is 32.2 Å². The van der Waals surface area contributed by atoms with Crippen LogP contribution in [0.25, 0.3) is 0 Å². The standard InChI is InChI=1S/C10H22N2O4S2/c1-2-5-11-6-8-18(15,16)12-10-4-3-7-17(13,14)9-10/h10-12H,2-9H2,1H3. The predicted molar refractivity (Wildman–Crippen MR) is 71.8 cm³/mol. The molecular formula is C10H22N2O4S2. The van der Waals surface area contributed by atoms with Crippen molar-refractivity contribution >= 4 is 19.9 Å². The summed E-state index contributed by atoms with van der Waals surface area (Å²) in [5.41, 5.74) is 0. The van der Waals surface area contributed by atoms with Crippen LogP contribution in [-0.4, -0.2) is 53.2 Å². The van der Waals surface area contributed by atoms with Crippen molar-refractivity contribution in [3.63, 3.8) is 0 Å². The van der Waals surface area contributed by atoms with Crippen LogP contribution in [0.1, 0.15) is 26.2 Å². The van der Waals surface area contributed by atoms with Crippen LogP contribution >= 0.6 is 0 Å². The highest BCUT2D eigenvalue weighted by Crippen LogP contribution is 2.12. The fourth-order valence-electron chi connectivity index (χ4n) is 1.94. The van der Waals surface area contributed by atoms with E-state index in [2.05, 4.69) is 10.0 Å². The van der Waals surface area contributed by atoms with Gasteiger partial charge in [0.25, 0.3) is 0 Å². The number of hydrogen-bond acceptors (Lipinski definition) is 5. The van der Waals surface area contributed by atoms with Crippen LogP contribution in [0.15, 0.2) is 0 Å². The molecule has 1 saturated heterocycles. The zero-order valence-corrected chi connectivity index (χ0v) is 12.3. The van der Waals surface area contributed by atoms with Crippen molar-refractivity contribution in [2.24, 2.45) is 0 Å². The zero-order valence-electron chi connectivity index (χ0n) is 10.7. The van der Waals surface area contributed by atoms with Crippen LogP contribution in [0, 0.1) is 0 Å². The van der Waals surface area contributed by atoms with Gasteiger partial charge in [0.15, 0.2) is 9.84 Å². The van der Waals surface area contributed by atoms with E-state index in [0.717, 1.165) is 13.0 Å². The van der Waals surface area contributed by atoms with Gasteiger partial charge in [-0.15, -0.1) is 0 Å². The van der Waals surface area contributed by atoms with Gasteiger partial charge in [-0.3, -0.25) is 0 Å². The van der Waals surface area contributed by atoms with Gasteiger partial charge in [-0.2, -0.15) is 0 Å². The van der Waals surface area contributed by atoms with Gasteiger partial charge in [0.05, 0.1) is 17.3 Å². The lowest BCUT2D eigenvalue weighted by Gasteiger charge is -2.22. The average Bonchev–Trinajstić information content (AvgIpc) is 2.22. The topological polar surface area (TPSA) is 92.3 Å². The molecule has 1 heterocycles. The van der Waals surface area contributed by atoms with Crippen LogP contribution in [-0.2, 0) is 19.9 Å². The zero-order chi connectivity index (χ0) is 13.6. The lowest BCUT2D eigenvalue weighted by Crippen LogP contribution is -2.45. The summed E-state index contributed by atoms with van der Waals surface area (Å²) < 4.78 is 48.7. The number of sulfone groups is 1. The normalized spacial score (nSPS) is 23.9. The molecule has 0 amide bonds. The summed E-state index contributed by atoms with van der Waals surface area (Å²) in [4.78, 5) is 0. The monoisotopic (exact) mass is 298 g/mol. The molecule has 0 saturated carbocycles. The lowest BCUT2D eigenvalue weighted by atomic mass is 10.2. The predicted octanol–water partition coefficient (Wildman–Crippen LogP) is -0.517. The molecule has 2 N–H and O–H groups in total.